The van der Waals surface area contributed by atoms with Crippen LogP contribution in [0.3, 0.4) is 0 Å². The molecule has 6 heteroatoms. The van der Waals surface area contributed by atoms with Crippen LogP contribution in [-0.2, 0) is 18.6 Å². The second-order valence-corrected chi connectivity index (χ2v) is 10.5. The second-order valence-electron chi connectivity index (χ2n) is 8.52. The van der Waals surface area contributed by atoms with E-state index >= 15 is 0 Å². The van der Waals surface area contributed by atoms with Crippen LogP contribution in [0.5, 0.6) is 5.75 Å². The number of ether oxygens (including phenoxy) is 1. The Hall–Kier alpha value is -1.79. The molecule has 0 bridgehead atoms. The highest BCUT2D eigenvalue weighted by Crippen LogP contribution is 2.44. The van der Waals surface area contributed by atoms with Crippen molar-refractivity contribution in [1.29, 1.82) is 0 Å². The monoisotopic (exact) mass is 413 g/mol. The van der Waals surface area contributed by atoms with Gasteiger partial charge in [0.25, 0.3) is 0 Å². The first-order chi connectivity index (χ1) is 13.3. The normalized spacial score (nSPS) is 16.9. The van der Waals surface area contributed by atoms with Gasteiger partial charge in [-0.05, 0) is 53.9 Å². The van der Waals surface area contributed by atoms with Gasteiger partial charge in [0.1, 0.15) is 16.4 Å². The van der Waals surface area contributed by atoms with Gasteiger partial charge in [-0.2, -0.15) is 0 Å². The molecule has 0 spiro atoms. The third kappa shape index (κ3) is 3.85. The smallest absolute Gasteiger partial charge is 0.191 e. The van der Waals surface area contributed by atoms with Crippen molar-refractivity contribution in [2.75, 3.05) is 12.8 Å². The quantitative estimate of drug-likeness (QED) is 0.437. The Bertz CT molecular complexity index is 990. The van der Waals surface area contributed by atoms with Crippen molar-refractivity contribution in [2.45, 2.75) is 50.9 Å². The summed E-state index contributed by atoms with van der Waals surface area (Å²) in [6, 6.07) is 8.11. The molecule has 0 saturated heterocycles. The van der Waals surface area contributed by atoms with Crippen LogP contribution in [0.4, 0.5) is 5.82 Å². The van der Waals surface area contributed by atoms with Crippen molar-refractivity contribution in [3.8, 4) is 5.75 Å². The molecule has 28 heavy (non-hydrogen) atoms. The molecule has 1 aromatic carbocycles. The van der Waals surface area contributed by atoms with Crippen molar-refractivity contribution in [2.24, 2.45) is 11.3 Å². The van der Waals surface area contributed by atoms with Gasteiger partial charge in [0.15, 0.2) is 5.16 Å². The molecular formula is C22H27N3OS2. The first-order valence-corrected chi connectivity index (χ1v) is 11.5. The molecule has 0 radical (unpaired) electrons. The summed E-state index contributed by atoms with van der Waals surface area (Å²) in [5.41, 5.74) is 9.32. The van der Waals surface area contributed by atoms with Crippen LogP contribution in [0.15, 0.2) is 29.4 Å². The highest BCUT2D eigenvalue weighted by Gasteiger charge is 2.31. The number of anilines is 1. The van der Waals surface area contributed by atoms with E-state index in [1.165, 1.54) is 22.4 Å². The highest BCUT2D eigenvalue weighted by atomic mass is 32.2. The molecule has 148 valence electrons. The van der Waals surface area contributed by atoms with Crippen molar-refractivity contribution in [3.05, 3.63) is 40.3 Å². The first kappa shape index (κ1) is 19.5. The average molecular weight is 414 g/mol. The predicted octanol–water partition coefficient (Wildman–Crippen LogP) is 5.73. The highest BCUT2D eigenvalue weighted by molar-refractivity contribution is 7.98. The Morgan fingerprint density at radius 3 is 2.64 bits per heavy atom. The first-order valence-electron chi connectivity index (χ1n) is 9.68. The lowest BCUT2D eigenvalue weighted by molar-refractivity contribution is 0.218. The number of fused-ring (bicyclic) bond motifs is 3. The van der Waals surface area contributed by atoms with E-state index in [0.29, 0.717) is 17.2 Å². The van der Waals surface area contributed by atoms with E-state index in [0.717, 1.165) is 39.7 Å². The van der Waals surface area contributed by atoms with Gasteiger partial charge in [0.05, 0.1) is 12.5 Å². The van der Waals surface area contributed by atoms with Gasteiger partial charge >= 0.3 is 0 Å². The van der Waals surface area contributed by atoms with Crippen molar-refractivity contribution >= 4 is 39.1 Å². The fraction of sp³-hybridized carbons (Fsp3) is 0.455. The van der Waals surface area contributed by atoms with Gasteiger partial charge in [-0.3, -0.25) is 0 Å². The van der Waals surface area contributed by atoms with Gasteiger partial charge in [-0.1, -0.05) is 44.7 Å². The lowest BCUT2D eigenvalue weighted by Crippen LogP contribution is -2.26. The Balaban J connectivity index is 1.57. The number of nitrogens with zero attached hydrogens (tertiary/aromatic N) is 2. The summed E-state index contributed by atoms with van der Waals surface area (Å²) in [5, 5.41) is 1.85. The van der Waals surface area contributed by atoms with Gasteiger partial charge in [0.2, 0.25) is 0 Å². The van der Waals surface area contributed by atoms with Crippen LogP contribution in [0.25, 0.3) is 10.2 Å². The number of methoxy groups -OCH3 is 1. The summed E-state index contributed by atoms with van der Waals surface area (Å²) in [6.07, 6.45) is 3.44. The average Bonchev–Trinajstić information content (AvgIpc) is 3.04. The van der Waals surface area contributed by atoms with Gasteiger partial charge in [-0.25, -0.2) is 9.97 Å². The molecule has 1 unspecified atom stereocenters. The molecule has 1 aliphatic carbocycles. The predicted molar refractivity (Wildman–Crippen MR) is 119 cm³/mol. The molecule has 0 saturated carbocycles. The van der Waals surface area contributed by atoms with Crippen LogP contribution in [0, 0.1) is 11.3 Å². The summed E-state index contributed by atoms with van der Waals surface area (Å²) in [4.78, 5) is 12.0. The summed E-state index contributed by atoms with van der Waals surface area (Å²) in [6.45, 7) is 7.04. The number of hydrogen-bond acceptors (Lipinski definition) is 6. The zero-order valence-electron chi connectivity index (χ0n) is 16.9. The second kappa shape index (κ2) is 7.56. The number of aryl methyl sites for hydroxylation is 1. The minimum atomic E-state index is 0.338. The maximum absolute atomic E-state index is 6.38. The number of thiophene rings is 1. The number of thioether (sulfide) groups is 1. The Kier molecular flexibility index (Phi) is 5.27. The molecule has 0 fully saturated rings. The lowest BCUT2D eigenvalue weighted by atomic mass is 9.72. The number of nitrogen functional groups attached to an aromatic ring is 1. The van der Waals surface area contributed by atoms with E-state index in [1.54, 1.807) is 18.9 Å². The summed E-state index contributed by atoms with van der Waals surface area (Å²) >= 11 is 3.44. The van der Waals surface area contributed by atoms with Gasteiger partial charge < -0.3 is 10.5 Å². The summed E-state index contributed by atoms with van der Waals surface area (Å²) in [5.74, 6) is 3.03. The molecule has 2 N–H and O–H groups in total. The van der Waals surface area contributed by atoms with Crippen LogP contribution < -0.4 is 10.5 Å². The van der Waals surface area contributed by atoms with Crippen molar-refractivity contribution in [1.82, 2.24) is 9.97 Å². The topological polar surface area (TPSA) is 61.0 Å². The van der Waals surface area contributed by atoms with Crippen LogP contribution in [0.1, 0.15) is 43.2 Å². The minimum Gasteiger partial charge on any atom is -0.497 e. The third-order valence-electron chi connectivity index (χ3n) is 5.67. The number of rotatable bonds is 4. The van der Waals surface area contributed by atoms with E-state index in [2.05, 4.69) is 37.9 Å². The Labute approximate surface area is 174 Å². The molecular weight excluding hydrogens is 386 g/mol. The van der Waals surface area contributed by atoms with Crippen LogP contribution in [-0.4, -0.2) is 17.1 Å². The molecule has 2 aromatic heterocycles. The summed E-state index contributed by atoms with van der Waals surface area (Å²) in [7, 11) is 1.68. The largest absolute Gasteiger partial charge is 0.497 e. The van der Waals surface area contributed by atoms with E-state index in [1.807, 2.05) is 23.5 Å². The summed E-state index contributed by atoms with van der Waals surface area (Å²) < 4.78 is 5.22. The number of nitrogens with two attached hydrogens (primary N) is 1. The maximum atomic E-state index is 6.38. The Morgan fingerprint density at radius 2 is 1.96 bits per heavy atom. The zero-order chi connectivity index (χ0) is 19.9. The maximum Gasteiger partial charge on any atom is 0.191 e. The molecule has 1 atom stereocenters. The SMILES string of the molecule is COc1ccc(CSc2nc(N)c3c4c(sc3n2)CC(C(C)(C)C)CC4)cc1. The lowest BCUT2D eigenvalue weighted by Gasteiger charge is -2.33. The van der Waals surface area contributed by atoms with Crippen LogP contribution in [0.2, 0.25) is 0 Å². The van der Waals surface area contributed by atoms with E-state index < -0.39 is 0 Å². The molecule has 4 nitrogen and oxygen atoms in total. The molecule has 3 aromatic rings. The molecule has 0 aliphatic heterocycles. The fourth-order valence-corrected chi connectivity index (χ4v) is 6.03. The minimum absolute atomic E-state index is 0.338. The third-order valence-corrected chi connectivity index (χ3v) is 7.73. The standard InChI is InChI=1S/C22H27N3OS2/c1-22(2,3)14-7-10-16-17(11-14)28-20-18(16)19(23)24-21(25-20)27-12-13-5-8-15(26-4)9-6-13/h5-6,8-9,14H,7,10-12H2,1-4H3,(H2,23,24,25). The Morgan fingerprint density at radius 1 is 1.21 bits per heavy atom. The fourth-order valence-electron chi connectivity index (χ4n) is 3.86. The van der Waals surface area contributed by atoms with E-state index in [9.17, 15) is 0 Å². The zero-order valence-corrected chi connectivity index (χ0v) is 18.5. The number of benzene rings is 1. The van der Waals surface area contributed by atoms with E-state index in [-0.39, 0.29) is 0 Å². The molecule has 4 rings (SSSR count). The van der Waals surface area contributed by atoms with E-state index in [4.69, 9.17) is 15.5 Å². The molecule has 1 aliphatic rings. The van der Waals surface area contributed by atoms with Gasteiger partial charge in [-0.15, -0.1) is 11.3 Å². The molecule has 0 amide bonds. The van der Waals surface area contributed by atoms with Crippen molar-refractivity contribution in [3.63, 3.8) is 0 Å². The van der Waals surface area contributed by atoms with Crippen molar-refractivity contribution < 1.29 is 4.74 Å². The number of hydrogen-bond donors (Lipinski definition) is 1. The molecule has 2 heterocycles. The van der Waals surface area contributed by atoms with Gasteiger partial charge in [0, 0.05) is 10.6 Å². The van der Waals surface area contributed by atoms with Crippen LogP contribution >= 0.6 is 23.1 Å². The number of aromatic nitrogens is 2.